The van der Waals surface area contributed by atoms with E-state index in [2.05, 4.69) is 17.2 Å². The second kappa shape index (κ2) is 8.76. The Bertz CT molecular complexity index is 250. The Morgan fingerprint density at radius 3 is 2.67 bits per heavy atom. The summed E-state index contributed by atoms with van der Waals surface area (Å²) in [5, 5.41) is 13.1. The molecule has 0 saturated carbocycles. The van der Waals surface area contributed by atoms with Gasteiger partial charge in [-0.25, -0.2) is 0 Å². The normalized spacial score (nSPS) is 9.67. The molecule has 0 aliphatic heterocycles. The van der Waals surface area contributed by atoms with E-state index >= 15 is 0 Å². The minimum Gasteiger partial charge on any atom is -0.481 e. The van der Waals surface area contributed by atoms with E-state index in [0.29, 0.717) is 0 Å². The van der Waals surface area contributed by atoms with Gasteiger partial charge in [0.1, 0.15) is 0 Å². The molecule has 0 radical (unpaired) electrons. The molecular weight excluding hydrogens is 200 g/mol. The smallest absolute Gasteiger partial charge is 0.247 e. The van der Waals surface area contributed by atoms with Gasteiger partial charge in [0.05, 0.1) is 12.9 Å². The van der Waals surface area contributed by atoms with Crippen molar-refractivity contribution in [3.63, 3.8) is 0 Å². The zero-order valence-corrected chi connectivity index (χ0v) is 8.23. The molecule has 0 saturated heterocycles. The molecule has 0 heterocycles. The van der Waals surface area contributed by atoms with Crippen LogP contribution in [0, 0.1) is 0 Å². The second-order valence-electron chi connectivity index (χ2n) is 2.37. The molecule has 3 N–H and O–H groups in total. The lowest BCUT2D eigenvalue weighted by Crippen LogP contribution is -2.25. The Labute approximate surface area is 87.6 Å². The molecule has 0 aliphatic carbocycles. The fraction of sp³-hybridized carbons (Fsp3) is 0.333. The highest BCUT2D eigenvalue weighted by Crippen LogP contribution is 1.77. The van der Waals surface area contributed by atoms with Crippen LogP contribution in [0.25, 0.3) is 0 Å². The molecule has 84 valence electrons. The average molecular weight is 214 g/mol. The van der Waals surface area contributed by atoms with Crippen molar-refractivity contribution < 1.29 is 19.4 Å². The predicted octanol–water partition coefficient (Wildman–Crippen LogP) is -1.12. The van der Waals surface area contributed by atoms with Gasteiger partial charge in [-0.1, -0.05) is 6.58 Å². The van der Waals surface area contributed by atoms with E-state index < -0.39 is 0 Å². The molecule has 0 rings (SSSR count). The van der Waals surface area contributed by atoms with Crippen molar-refractivity contribution in [1.29, 1.82) is 0 Å². The molecule has 0 spiro atoms. The van der Waals surface area contributed by atoms with Crippen LogP contribution in [-0.2, 0) is 14.3 Å². The molecule has 6 heteroatoms. The maximum Gasteiger partial charge on any atom is 0.247 e. The van der Waals surface area contributed by atoms with Crippen molar-refractivity contribution in [2.24, 2.45) is 0 Å². The van der Waals surface area contributed by atoms with Crippen LogP contribution in [0.3, 0.4) is 0 Å². The number of aliphatic hydroxyl groups excluding tert-OH is 1. The number of carbonyl (C=O) groups excluding carboxylic acids is 2. The van der Waals surface area contributed by atoms with E-state index in [4.69, 9.17) is 9.84 Å². The van der Waals surface area contributed by atoms with Crippen molar-refractivity contribution in [2.75, 3.05) is 19.9 Å². The molecule has 0 bridgehead atoms. The van der Waals surface area contributed by atoms with Gasteiger partial charge in [0, 0.05) is 12.6 Å². The van der Waals surface area contributed by atoms with Crippen molar-refractivity contribution in [1.82, 2.24) is 10.6 Å². The summed E-state index contributed by atoms with van der Waals surface area (Å²) in [6, 6.07) is 0. The first kappa shape index (κ1) is 13.2. The monoisotopic (exact) mass is 214 g/mol. The van der Waals surface area contributed by atoms with Crippen molar-refractivity contribution >= 4 is 11.8 Å². The summed E-state index contributed by atoms with van der Waals surface area (Å²) in [4.78, 5) is 21.5. The van der Waals surface area contributed by atoms with Gasteiger partial charge in [-0.05, 0) is 6.08 Å². The molecule has 2 amide bonds. The molecular formula is C9H14N2O4. The third kappa shape index (κ3) is 8.51. The van der Waals surface area contributed by atoms with E-state index in [9.17, 15) is 9.59 Å². The summed E-state index contributed by atoms with van der Waals surface area (Å²) in [5.74, 6) is -0.729. The average Bonchev–Trinajstić information content (AvgIpc) is 2.25. The minimum absolute atomic E-state index is 0.0331. The maximum atomic E-state index is 10.9. The second-order valence-corrected chi connectivity index (χ2v) is 2.37. The first-order chi connectivity index (χ1) is 7.20. The van der Waals surface area contributed by atoms with Crippen molar-refractivity contribution in [3.05, 3.63) is 25.0 Å². The summed E-state index contributed by atoms with van der Waals surface area (Å²) < 4.78 is 4.77. The predicted molar refractivity (Wildman–Crippen MR) is 53.5 cm³/mol. The lowest BCUT2D eigenvalue weighted by molar-refractivity contribution is -0.117. The number of rotatable bonds is 7. The number of aliphatic hydroxyl groups is 1. The van der Waals surface area contributed by atoms with Crippen molar-refractivity contribution in [3.8, 4) is 0 Å². The van der Waals surface area contributed by atoms with E-state index in [-0.39, 0.29) is 31.7 Å². The molecule has 0 aromatic carbocycles. The minimum atomic E-state index is -0.376. The largest absolute Gasteiger partial charge is 0.481 e. The van der Waals surface area contributed by atoms with Crippen LogP contribution in [0.5, 0.6) is 0 Å². The Hall–Kier alpha value is -1.82. The van der Waals surface area contributed by atoms with Gasteiger partial charge in [0.2, 0.25) is 11.8 Å². The number of amides is 2. The third-order valence-electron chi connectivity index (χ3n) is 1.24. The summed E-state index contributed by atoms with van der Waals surface area (Å²) >= 11 is 0. The van der Waals surface area contributed by atoms with E-state index in [1.807, 2.05) is 0 Å². The fourth-order valence-electron chi connectivity index (χ4n) is 0.581. The zero-order chi connectivity index (χ0) is 11.5. The molecule has 0 aliphatic rings. The Morgan fingerprint density at radius 1 is 1.33 bits per heavy atom. The molecule has 0 aromatic heterocycles. The van der Waals surface area contributed by atoms with Gasteiger partial charge in [0.15, 0.2) is 6.73 Å². The van der Waals surface area contributed by atoms with Gasteiger partial charge in [-0.2, -0.15) is 0 Å². The number of hydrogen-bond donors (Lipinski definition) is 3. The van der Waals surface area contributed by atoms with Crippen molar-refractivity contribution in [2.45, 2.75) is 0 Å². The number of ether oxygens (including phenoxy) is 1. The first-order valence-electron chi connectivity index (χ1n) is 4.27. The summed E-state index contributed by atoms with van der Waals surface area (Å²) in [6.45, 7) is 3.29. The number of carbonyl (C=O) groups is 2. The zero-order valence-electron chi connectivity index (χ0n) is 8.23. The Kier molecular flexibility index (Phi) is 7.70. The quantitative estimate of drug-likeness (QED) is 0.217. The molecule has 0 aromatic rings. The maximum absolute atomic E-state index is 10.9. The highest BCUT2D eigenvalue weighted by molar-refractivity contribution is 5.87. The third-order valence-corrected chi connectivity index (χ3v) is 1.24. The van der Waals surface area contributed by atoms with E-state index in [1.165, 1.54) is 0 Å². The summed E-state index contributed by atoms with van der Waals surface area (Å²) in [5.41, 5.74) is 0. The van der Waals surface area contributed by atoms with Crippen LogP contribution in [0.15, 0.2) is 25.0 Å². The van der Waals surface area contributed by atoms with Gasteiger partial charge in [0.25, 0.3) is 0 Å². The summed E-state index contributed by atoms with van der Waals surface area (Å²) in [7, 11) is 0. The van der Waals surface area contributed by atoms with Crippen LogP contribution < -0.4 is 10.6 Å². The molecule has 15 heavy (non-hydrogen) atoms. The molecule has 0 atom stereocenters. The molecule has 0 unspecified atom stereocenters. The van der Waals surface area contributed by atoms with Crippen LogP contribution in [0.2, 0.25) is 0 Å². The lowest BCUT2D eigenvalue weighted by atomic mass is 10.5. The highest BCUT2D eigenvalue weighted by Gasteiger charge is 1.93. The molecule has 6 nitrogen and oxygen atoms in total. The highest BCUT2D eigenvalue weighted by atomic mass is 16.5. The molecule has 0 fully saturated rings. The lowest BCUT2D eigenvalue weighted by Gasteiger charge is -2.01. The van der Waals surface area contributed by atoms with Gasteiger partial charge >= 0.3 is 0 Å². The topological polar surface area (TPSA) is 87.7 Å². The number of nitrogens with one attached hydrogen (secondary N) is 2. The van der Waals surface area contributed by atoms with Gasteiger partial charge < -0.3 is 20.5 Å². The standard InChI is InChI=1S/C9H14N2O4/c1-2-8(13)11-7-15-6-3-9(14)10-4-5-12/h2-3,6,12H,1,4-5,7H2,(H,10,14)(H,11,13)/b6-3+. The van der Waals surface area contributed by atoms with Crippen LogP contribution in [0.4, 0.5) is 0 Å². The summed E-state index contributed by atoms with van der Waals surface area (Å²) in [6.07, 6.45) is 3.41. The van der Waals surface area contributed by atoms with Crippen LogP contribution >= 0.6 is 0 Å². The van der Waals surface area contributed by atoms with E-state index in [1.54, 1.807) is 0 Å². The van der Waals surface area contributed by atoms with Gasteiger partial charge in [-0.15, -0.1) is 0 Å². The van der Waals surface area contributed by atoms with Crippen LogP contribution in [0.1, 0.15) is 0 Å². The first-order valence-corrected chi connectivity index (χ1v) is 4.27. The SMILES string of the molecule is C=CC(=O)NCO/C=C/C(=O)NCCO. The van der Waals surface area contributed by atoms with Gasteiger partial charge in [-0.3, -0.25) is 9.59 Å². The Morgan fingerprint density at radius 2 is 2.07 bits per heavy atom. The van der Waals surface area contributed by atoms with E-state index in [0.717, 1.165) is 18.4 Å². The Balaban J connectivity index is 3.49. The van der Waals surface area contributed by atoms with Crippen LogP contribution in [-0.4, -0.2) is 36.8 Å². The fourth-order valence-corrected chi connectivity index (χ4v) is 0.581. The number of hydrogen-bond acceptors (Lipinski definition) is 4.